The van der Waals surface area contributed by atoms with Crippen LogP contribution in [0.4, 0.5) is 5.69 Å². The first-order chi connectivity index (χ1) is 11.7. The van der Waals surface area contributed by atoms with E-state index in [1.54, 1.807) is 13.2 Å². The smallest absolute Gasteiger partial charge is 0.372 e. The first kappa shape index (κ1) is 16.0. The van der Waals surface area contributed by atoms with Gasteiger partial charge in [0, 0.05) is 5.56 Å². The maximum Gasteiger partial charge on any atom is 0.372 e. The standard InChI is InChI=1S/C18H18N2O4/c1-12-6-5-7-13-16(19-22)18(21)20(17(12)13)10-11-24-15-9-4-3-8-14(15)23-2/h3-9,22H,10-11H2,1-2H3/p+1. The monoisotopic (exact) mass is 327 g/mol. The Bertz CT molecular complexity index is 801. The second kappa shape index (κ2) is 6.72. The van der Waals surface area contributed by atoms with Gasteiger partial charge in [-0.3, -0.25) is 0 Å². The molecule has 0 spiro atoms. The number of para-hydroxylation sites is 3. The molecule has 124 valence electrons. The van der Waals surface area contributed by atoms with Crippen molar-refractivity contribution in [2.75, 3.05) is 20.3 Å². The molecule has 0 saturated heterocycles. The van der Waals surface area contributed by atoms with E-state index in [4.69, 9.17) is 14.7 Å². The fraction of sp³-hybridized carbons (Fsp3) is 0.222. The van der Waals surface area contributed by atoms with Crippen molar-refractivity contribution < 1.29 is 24.4 Å². The fourth-order valence-corrected chi connectivity index (χ4v) is 2.98. The van der Waals surface area contributed by atoms with E-state index in [1.807, 2.05) is 43.3 Å². The number of amides is 1. The van der Waals surface area contributed by atoms with E-state index in [9.17, 15) is 4.79 Å². The van der Waals surface area contributed by atoms with Crippen molar-refractivity contribution >= 4 is 17.3 Å². The average molecular weight is 327 g/mol. The first-order valence-electron chi connectivity index (χ1n) is 7.66. The number of carbonyl (C=O) groups is 1. The van der Waals surface area contributed by atoms with Crippen molar-refractivity contribution in [2.24, 2.45) is 5.16 Å². The molecule has 2 N–H and O–H groups in total. The topological polar surface area (TPSA) is 72.6 Å². The van der Waals surface area contributed by atoms with Gasteiger partial charge in [0.2, 0.25) is 5.71 Å². The molecule has 0 fully saturated rings. The van der Waals surface area contributed by atoms with Gasteiger partial charge in [-0.1, -0.05) is 29.4 Å². The molecule has 0 bridgehead atoms. The van der Waals surface area contributed by atoms with Crippen LogP contribution in [0.2, 0.25) is 0 Å². The molecule has 1 aliphatic heterocycles. The molecule has 0 saturated carbocycles. The molecule has 1 atom stereocenters. The van der Waals surface area contributed by atoms with Gasteiger partial charge in [-0.05, 0) is 25.1 Å². The molecule has 1 amide bonds. The van der Waals surface area contributed by atoms with Gasteiger partial charge in [-0.2, -0.15) is 0 Å². The SMILES string of the molecule is COc1ccccc1OCC[NH+]1C(=O)C(=NO)c2cccc(C)c21. The van der Waals surface area contributed by atoms with Gasteiger partial charge in [-0.25, -0.2) is 9.69 Å². The van der Waals surface area contributed by atoms with Crippen molar-refractivity contribution in [2.45, 2.75) is 6.92 Å². The summed E-state index contributed by atoms with van der Waals surface area (Å²) in [6.45, 7) is 2.69. The van der Waals surface area contributed by atoms with E-state index in [2.05, 4.69) is 5.16 Å². The third-order valence-electron chi connectivity index (χ3n) is 4.10. The van der Waals surface area contributed by atoms with Crippen LogP contribution >= 0.6 is 0 Å². The highest BCUT2D eigenvalue weighted by molar-refractivity contribution is 6.45. The summed E-state index contributed by atoms with van der Waals surface area (Å²) in [5, 5.41) is 12.3. The highest BCUT2D eigenvalue weighted by atomic mass is 16.5. The number of hydrogen-bond donors (Lipinski definition) is 2. The molecule has 0 aromatic heterocycles. The number of quaternary nitrogens is 1. The number of hydrogen-bond acceptors (Lipinski definition) is 5. The van der Waals surface area contributed by atoms with Gasteiger partial charge in [0.05, 0.1) is 12.7 Å². The lowest BCUT2D eigenvalue weighted by Crippen LogP contribution is -3.10. The van der Waals surface area contributed by atoms with Crippen molar-refractivity contribution in [3.05, 3.63) is 53.6 Å². The maximum absolute atomic E-state index is 12.5. The van der Waals surface area contributed by atoms with E-state index in [0.29, 0.717) is 35.1 Å². The zero-order valence-electron chi connectivity index (χ0n) is 13.6. The number of aryl methyl sites for hydroxylation is 1. The number of methoxy groups -OCH3 is 1. The Labute approximate surface area is 139 Å². The summed E-state index contributed by atoms with van der Waals surface area (Å²) >= 11 is 0. The van der Waals surface area contributed by atoms with Crippen LogP contribution in [0.25, 0.3) is 0 Å². The van der Waals surface area contributed by atoms with Gasteiger partial charge in [0.25, 0.3) is 0 Å². The fourth-order valence-electron chi connectivity index (χ4n) is 2.98. The Balaban J connectivity index is 1.78. The number of carbonyl (C=O) groups excluding carboxylic acids is 1. The van der Waals surface area contributed by atoms with Crippen LogP contribution in [0.1, 0.15) is 11.1 Å². The van der Waals surface area contributed by atoms with Crippen LogP contribution in [-0.2, 0) is 4.79 Å². The number of ether oxygens (including phenoxy) is 2. The molecule has 1 aliphatic rings. The summed E-state index contributed by atoms with van der Waals surface area (Å²) in [4.78, 5) is 13.1. The quantitative estimate of drug-likeness (QED) is 0.642. The number of nitrogens with zero attached hydrogens (tertiary/aromatic N) is 1. The van der Waals surface area contributed by atoms with Crippen LogP contribution in [0.15, 0.2) is 47.6 Å². The summed E-state index contributed by atoms with van der Waals surface area (Å²) < 4.78 is 11.0. The van der Waals surface area contributed by atoms with Gasteiger partial charge < -0.3 is 14.7 Å². The Morgan fingerprint density at radius 2 is 1.88 bits per heavy atom. The first-order valence-corrected chi connectivity index (χ1v) is 7.66. The minimum Gasteiger partial charge on any atom is -0.493 e. The van der Waals surface area contributed by atoms with Gasteiger partial charge in [-0.15, -0.1) is 0 Å². The molecular weight excluding hydrogens is 308 g/mol. The number of nitrogens with one attached hydrogen (secondary N) is 1. The molecule has 6 heteroatoms. The second-order valence-electron chi connectivity index (χ2n) is 5.50. The van der Waals surface area contributed by atoms with Crippen LogP contribution in [-0.4, -0.2) is 37.1 Å². The lowest BCUT2D eigenvalue weighted by molar-refractivity contribution is -0.742. The normalized spacial score (nSPS) is 17.8. The highest BCUT2D eigenvalue weighted by Crippen LogP contribution is 2.26. The number of benzene rings is 2. The van der Waals surface area contributed by atoms with Crippen LogP contribution in [0.5, 0.6) is 11.5 Å². The largest absolute Gasteiger partial charge is 0.493 e. The third kappa shape index (κ3) is 2.72. The summed E-state index contributed by atoms with van der Waals surface area (Å²) in [6.07, 6.45) is 0. The predicted molar refractivity (Wildman–Crippen MR) is 88.5 cm³/mol. The third-order valence-corrected chi connectivity index (χ3v) is 4.10. The molecule has 24 heavy (non-hydrogen) atoms. The van der Waals surface area contributed by atoms with Gasteiger partial charge in [0.1, 0.15) is 13.2 Å². The molecule has 2 aromatic rings. The van der Waals surface area contributed by atoms with E-state index in [0.717, 1.165) is 11.3 Å². The molecule has 0 radical (unpaired) electrons. The molecule has 0 aliphatic carbocycles. The molecule has 1 heterocycles. The predicted octanol–water partition coefficient (Wildman–Crippen LogP) is 1.32. The summed E-state index contributed by atoms with van der Waals surface area (Å²) in [5.41, 5.74) is 2.60. The number of oxime groups is 1. The molecule has 1 unspecified atom stereocenters. The highest BCUT2D eigenvalue weighted by Gasteiger charge is 2.41. The van der Waals surface area contributed by atoms with Crippen LogP contribution in [0.3, 0.4) is 0 Å². The average Bonchev–Trinajstić information content (AvgIpc) is 2.88. The maximum atomic E-state index is 12.5. The van der Waals surface area contributed by atoms with Crippen molar-refractivity contribution in [3.8, 4) is 11.5 Å². The Morgan fingerprint density at radius 3 is 2.58 bits per heavy atom. The van der Waals surface area contributed by atoms with E-state index in [1.165, 1.54) is 0 Å². The second-order valence-corrected chi connectivity index (χ2v) is 5.50. The van der Waals surface area contributed by atoms with Crippen molar-refractivity contribution in [1.29, 1.82) is 0 Å². The Hall–Kier alpha value is -2.86. The Kier molecular flexibility index (Phi) is 4.48. The number of fused-ring (bicyclic) bond motifs is 1. The van der Waals surface area contributed by atoms with Crippen molar-refractivity contribution in [1.82, 2.24) is 0 Å². The molecule has 3 rings (SSSR count). The molecular formula is C18H19N2O4+. The van der Waals surface area contributed by atoms with Crippen molar-refractivity contribution in [3.63, 3.8) is 0 Å². The summed E-state index contributed by atoms with van der Waals surface area (Å²) in [5.74, 6) is 1.03. The zero-order chi connectivity index (χ0) is 17.1. The van der Waals surface area contributed by atoms with Gasteiger partial charge in [0.15, 0.2) is 17.2 Å². The van der Waals surface area contributed by atoms with E-state index >= 15 is 0 Å². The van der Waals surface area contributed by atoms with Gasteiger partial charge >= 0.3 is 5.91 Å². The summed E-state index contributed by atoms with van der Waals surface area (Å²) in [7, 11) is 1.58. The molecule has 2 aromatic carbocycles. The lowest BCUT2D eigenvalue weighted by Gasteiger charge is -2.14. The van der Waals surface area contributed by atoms with E-state index < -0.39 is 0 Å². The molecule has 6 nitrogen and oxygen atoms in total. The van der Waals surface area contributed by atoms with E-state index in [-0.39, 0.29) is 11.6 Å². The zero-order valence-corrected chi connectivity index (χ0v) is 13.6. The number of rotatable bonds is 5. The minimum atomic E-state index is -0.245. The Morgan fingerprint density at radius 1 is 1.12 bits per heavy atom. The van der Waals surface area contributed by atoms with Crippen LogP contribution in [0, 0.1) is 6.92 Å². The lowest BCUT2D eigenvalue weighted by atomic mass is 10.1. The summed E-state index contributed by atoms with van der Waals surface area (Å²) in [6, 6.07) is 12.9. The van der Waals surface area contributed by atoms with Crippen LogP contribution < -0.4 is 14.4 Å². The minimum absolute atomic E-state index is 0.0981.